The number of halogens is 3. The van der Waals surface area contributed by atoms with Crippen molar-refractivity contribution >= 4 is 23.2 Å². The molecule has 0 saturated carbocycles. The standard InChI is InChI=1S/C21H23Cl2FN2/c1-20(2,3)10-19-21(12-25,15-8-7-13(22)9-18(15)24)16(11-26-19)14-5-4-6-17(14)23/h4-9,14,16,19,26H,10-11H2,1-3H3/t14?,16-,19?,21-/m1/s1. The lowest BCUT2D eigenvalue weighted by Crippen LogP contribution is -2.46. The smallest absolute Gasteiger partial charge is 0.129 e. The molecule has 1 aromatic carbocycles. The van der Waals surface area contributed by atoms with Crippen molar-refractivity contribution in [3.05, 3.63) is 57.9 Å². The zero-order chi connectivity index (χ0) is 19.1. The molecule has 3 rings (SSSR count). The van der Waals surface area contributed by atoms with Gasteiger partial charge in [0.05, 0.1) is 6.07 Å². The van der Waals surface area contributed by atoms with E-state index in [0.717, 1.165) is 6.42 Å². The summed E-state index contributed by atoms with van der Waals surface area (Å²) in [6, 6.07) is 6.94. The van der Waals surface area contributed by atoms with Crippen LogP contribution in [-0.2, 0) is 5.41 Å². The van der Waals surface area contributed by atoms with Crippen molar-refractivity contribution in [1.29, 1.82) is 5.26 Å². The lowest BCUT2D eigenvalue weighted by Gasteiger charge is -2.38. The Morgan fingerprint density at radius 1 is 1.35 bits per heavy atom. The number of nitrogens with one attached hydrogen (secondary N) is 1. The highest BCUT2D eigenvalue weighted by Gasteiger charge is 2.56. The Morgan fingerprint density at radius 3 is 2.62 bits per heavy atom. The Kier molecular flexibility index (Phi) is 5.23. The van der Waals surface area contributed by atoms with Crippen LogP contribution in [0.5, 0.6) is 0 Å². The Morgan fingerprint density at radius 2 is 2.08 bits per heavy atom. The van der Waals surface area contributed by atoms with Crippen LogP contribution in [-0.4, -0.2) is 12.6 Å². The van der Waals surface area contributed by atoms with E-state index in [4.69, 9.17) is 23.2 Å². The van der Waals surface area contributed by atoms with Crippen molar-refractivity contribution < 1.29 is 4.39 Å². The van der Waals surface area contributed by atoms with Crippen LogP contribution in [0.1, 0.15) is 32.8 Å². The molecule has 0 radical (unpaired) electrons. The topological polar surface area (TPSA) is 35.8 Å². The Labute approximate surface area is 164 Å². The van der Waals surface area contributed by atoms with Gasteiger partial charge in [-0.15, -0.1) is 0 Å². The first-order chi connectivity index (χ1) is 12.2. The van der Waals surface area contributed by atoms with Crippen molar-refractivity contribution in [3.8, 4) is 6.07 Å². The second-order valence-corrected chi connectivity index (χ2v) is 9.27. The van der Waals surface area contributed by atoms with Gasteiger partial charge in [0.25, 0.3) is 0 Å². The Balaban J connectivity index is 2.16. The first-order valence-electron chi connectivity index (χ1n) is 8.83. The quantitative estimate of drug-likeness (QED) is 0.729. The van der Waals surface area contributed by atoms with Crippen LogP contribution in [0.2, 0.25) is 5.02 Å². The van der Waals surface area contributed by atoms with E-state index in [1.54, 1.807) is 12.1 Å². The summed E-state index contributed by atoms with van der Waals surface area (Å²) < 4.78 is 15.0. The molecule has 1 aromatic rings. The van der Waals surface area contributed by atoms with Gasteiger partial charge in [-0.2, -0.15) is 5.26 Å². The van der Waals surface area contributed by atoms with Crippen molar-refractivity contribution in [2.45, 2.75) is 38.6 Å². The molecule has 26 heavy (non-hydrogen) atoms. The minimum Gasteiger partial charge on any atom is -0.312 e. The predicted octanol–water partition coefficient (Wildman–Crippen LogP) is 5.57. The van der Waals surface area contributed by atoms with E-state index >= 15 is 0 Å². The SMILES string of the molecule is CC(C)(C)CC1NC[C@H](C2C=CC=C2Cl)[C@@]1(C#N)c1ccc(Cl)cc1F. The highest BCUT2D eigenvalue weighted by Crippen LogP contribution is 2.50. The molecule has 2 aliphatic rings. The third kappa shape index (κ3) is 3.31. The van der Waals surface area contributed by atoms with E-state index in [1.165, 1.54) is 6.07 Å². The highest BCUT2D eigenvalue weighted by molar-refractivity contribution is 6.30. The maximum atomic E-state index is 15.0. The second-order valence-electron chi connectivity index (χ2n) is 8.40. The molecule has 5 heteroatoms. The summed E-state index contributed by atoms with van der Waals surface area (Å²) in [5.74, 6) is -0.685. The summed E-state index contributed by atoms with van der Waals surface area (Å²) in [7, 11) is 0. The molecule has 1 saturated heterocycles. The summed E-state index contributed by atoms with van der Waals surface area (Å²) in [5.41, 5.74) is -0.628. The Hall–Kier alpha value is -1.34. The molecule has 4 atom stereocenters. The number of hydrogen-bond donors (Lipinski definition) is 1. The first kappa shape index (κ1) is 19.4. The molecule has 1 fully saturated rings. The van der Waals surface area contributed by atoms with Crippen molar-refractivity contribution in [3.63, 3.8) is 0 Å². The Bertz CT molecular complexity index is 803. The zero-order valence-electron chi connectivity index (χ0n) is 15.2. The maximum Gasteiger partial charge on any atom is 0.129 e. The fraction of sp³-hybridized carbons (Fsp3) is 0.476. The van der Waals surface area contributed by atoms with E-state index in [2.05, 4.69) is 32.2 Å². The number of nitrogens with zero attached hydrogens (tertiary/aromatic N) is 1. The summed E-state index contributed by atoms with van der Waals surface area (Å²) in [6.45, 7) is 7.00. The molecule has 0 amide bonds. The van der Waals surface area contributed by atoms with E-state index in [0.29, 0.717) is 22.2 Å². The van der Waals surface area contributed by atoms with E-state index in [9.17, 15) is 9.65 Å². The monoisotopic (exact) mass is 392 g/mol. The largest absolute Gasteiger partial charge is 0.312 e. The molecule has 1 aliphatic heterocycles. The van der Waals surface area contributed by atoms with Crippen LogP contribution in [0.3, 0.4) is 0 Å². The molecule has 0 spiro atoms. The lowest BCUT2D eigenvalue weighted by molar-refractivity contribution is 0.253. The van der Waals surface area contributed by atoms with Crippen LogP contribution in [0.15, 0.2) is 41.5 Å². The normalized spacial score (nSPS) is 31.1. The summed E-state index contributed by atoms with van der Waals surface area (Å²) in [5, 5.41) is 14.9. The zero-order valence-corrected chi connectivity index (χ0v) is 16.7. The van der Waals surface area contributed by atoms with Gasteiger partial charge >= 0.3 is 0 Å². The number of allylic oxidation sites excluding steroid dienone is 4. The number of rotatable bonds is 3. The first-order valence-corrected chi connectivity index (χ1v) is 9.58. The number of benzene rings is 1. The van der Waals surface area contributed by atoms with Gasteiger partial charge in [-0.1, -0.05) is 62.2 Å². The van der Waals surface area contributed by atoms with Crippen LogP contribution < -0.4 is 5.32 Å². The van der Waals surface area contributed by atoms with Gasteiger partial charge in [-0.05, 0) is 30.0 Å². The minimum atomic E-state index is -1.02. The average Bonchev–Trinajstić information content (AvgIpc) is 3.10. The molecule has 138 valence electrons. The third-order valence-corrected chi connectivity index (χ3v) is 6.04. The molecule has 0 bridgehead atoms. The summed E-state index contributed by atoms with van der Waals surface area (Å²) in [4.78, 5) is 0. The predicted molar refractivity (Wildman–Crippen MR) is 105 cm³/mol. The van der Waals surface area contributed by atoms with Gasteiger partial charge in [0.2, 0.25) is 0 Å². The number of hydrogen-bond acceptors (Lipinski definition) is 2. The lowest BCUT2D eigenvalue weighted by atomic mass is 9.62. The van der Waals surface area contributed by atoms with Gasteiger partial charge in [0.15, 0.2) is 0 Å². The van der Waals surface area contributed by atoms with Crippen molar-refractivity contribution in [2.24, 2.45) is 17.3 Å². The molecular weight excluding hydrogens is 370 g/mol. The van der Waals surface area contributed by atoms with Gasteiger partial charge in [0.1, 0.15) is 11.2 Å². The molecule has 1 aliphatic carbocycles. The van der Waals surface area contributed by atoms with Gasteiger partial charge < -0.3 is 5.32 Å². The average molecular weight is 393 g/mol. The van der Waals surface area contributed by atoms with Gasteiger partial charge in [-0.25, -0.2) is 4.39 Å². The molecule has 2 unspecified atom stereocenters. The van der Waals surface area contributed by atoms with E-state index < -0.39 is 11.2 Å². The number of nitriles is 1. The fourth-order valence-corrected chi connectivity index (χ4v) is 4.79. The molecule has 0 aromatic heterocycles. The van der Waals surface area contributed by atoms with Crippen LogP contribution >= 0.6 is 23.2 Å². The second kappa shape index (κ2) is 7.00. The van der Waals surface area contributed by atoms with Crippen LogP contribution in [0, 0.1) is 34.4 Å². The van der Waals surface area contributed by atoms with E-state index in [-0.39, 0.29) is 23.3 Å². The van der Waals surface area contributed by atoms with Crippen molar-refractivity contribution in [2.75, 3.05) is 6.54 Å². The van der Waals surface area contributed by atoms with Crippen molar-refractivity contribution in [1.82, 2.24) is 5.32 Å². The van der Waals surface area contributed by atoms with E-state index in [1.807, 2.05) is 18.2 Å². The molecule has 2 nitrogen and oxygen atoms in total. The molecular formula is C21H23Cl2FN2. The maximum absolute atomic E-state index is 15.0. The summed E-state index contributed by atoms with van der Waals surface area (Å²) in [6.07, 6.45) is 6.51. The molecule has 1 heterocycles. The van der Waals surface area contributed by atoms with Crippen LogP contribution in [0.4, 0.5) is 4.39 Å². The van der Waals surface area contributed by atoms with Gasteiger partial charge in [-0.3, -0.25) is 0 Å². The van der Waals surface area contributed by atoms with Gasteiger partial charge in [0, 0.05) is 40.0 Å². The minimum absolute atomic E-state index is 0.0112. The highest BCUT2D eigenvalue weighted by atomic mass is 35.5. The summed E-state index contributed by atoms with van der Waals surface area (Å²) >= 11 is 12.4. The third-order valence-electron chi connectivity index (χ3n) is 5.42. The molecule has 1 N–H and O–H groups in total. The fourth-order valence-electron chi connectivity index (χ4n) is 4.34. The van der Waals surface area contributed by atoms with Crippen LogP contribution in [0.25, 0.3) is 0 Å².